The molecular weight excluding hydrogens is 248 g/mol. The number of thiophene rings is 1. The van der Waals surface area contributed by atoms with E-state index in [0.717, 1.165) is 4.88 Å². The normalized spacial score (nSPS) is 13.9. The maximum Gasteiger partial charge on any atom is 0.249 e. The predicted octanol–water partition coefficient (Wildman–Crippen LogP) is 1.69. The van der Waals surface area contributed by atoms with Crippen LogP contribution >= 0.6 is 11.3 Å². The van der Waals surface area contributed by atoms with Gasteiger partial charge in [-0.05, 0) is 18.5 Å². The van der Waals surface area contributed by atoms with E-state index in [-0.39, 0.29) is 18.1 Å². The SMILES string of the molecule is CN(Cc1cc(C(N)=O)cs1)C(CO)C(C)(C)C. The fourth-order valence-electron chi connectivity index (χ4n) is 2.02. The van der Waals surface area contributed by atoms with Gasteiger partial charge >= 0.3 is 0 Å². The second-order valence-corrected chi connectivity index (χ2v) is 6.64. The summed E-state index contributed by atoms with van der Waals surface area (Å²) in [5.41, 5.74) is 5.79. The average Bonchev–Trinajstić information content (AvgIpc) is 2.64. The Labute approximate surface area is 112 Å². The summed E-state index contributed by atoms with van der Waals surface area (Å²) >= 11 is 1.52. The van der Waals surface area contributed by atoms with Gasteiger partial charge in [-0.1, -0.05) is 20.8 Å². The van der Waals surface area contributed by atoms with Gasteiger partial charge in [-0.3, -0.25) is 9.69 Å². The van der Waals surface area contributed by atoms with Crippen molar-refractivity contribution in [3.05, 3.63) is 21.9 Å². The number of aliphatic hydroxyl groups is 1. The van der Waals surface area contributed by atoms with Gasteiger partial charge in [0.1, 0.15) is 0 Å². The van der Waals surface area contributed by atoms with Crippen LogP contribution in [-0.2, 0) is 6.54 Å². The average molecular weight is 270 g/mol. The molecule has 0 spiro atoms. The Morgan fingerprint density at radius 1 is 1.56 bits per heavy atom. The van der Waals surface area contributed by atoms with Crippen LogP contribution in [0.3, 0.4) is 0 Å². The molecule has 0 aliphatic heterocycles. The molecular formula is C13H22N2O2S. The van der Waals surface area contributed by atoms with E-state index < -0.39 is 5.91 Å². The summed E-state index contributed by atoms with van der Waals surface area (Å²) in [4.78, 5) is 14.2. The van der Waals surface area contributed by atoms with Crippen LogP contribution in [0.2, 0.25) is 0 Å². The van der Waals surface area contributed by atoms with Crippen LogP contribution in [0.5, 0.6) is 0 Å². The summed E-state index contributed by atoms with van der Waals surface area (Å²) in [5, 5.41) is 11.3. The number of nitrogens with two attached hydrogens (primary N) is 1. The molecule has 4 nitrogen and oxygen atoms in total. The molecule has 1 rings (SSSR count). The summed E-state index contributed by atoms with van der Waals surface area (Å²) in [5.74, 6) is -0.394. The van der Waals surface area contributed by atoms with E-state index in [2.05, 4.69) is 25.7 Å². The number of aliphatic hydroxyl groups excluding tert-OH is 1. The standard InChI is InChI=1S/C13H22N2O2S/c1-13(2,3)11(7-16)15(4)6-10-5-9(8-18-10)12(14)17/h5,8,11,16H,6-7H2,1-4H3,(H2,14,17). The lowest BCUT2D eigenvalue weighted by Gasteiger charge is -2.36. The van der Waals surface area contributed by atoms with Gasteiger partial charge in [0.15, 0.2) is 0 Å². The fraction of sp³-hybridized carbons (Fsp3) is 0.615. The quantitative estimate of drug-likeness (QED) is 0.855. The van der Waals surface area contributed by atoms with Gasteiger partial charge in [-0.15, -0.1) is 11.3 Å². The second-order valence-electron chi connectivity index (χ2n) is 5.65. The van der Waals surface area contributed by atoms with E-state index in [1.807, 2.05) is 13.1 Å². The number of primary amides is 1. The number of carbonyl (C=O) groups is 1. The highest BCUT2D eigenvalue weighted by atomic mass is 32.1. The molecule has 1 atom stereocenters. The lowest BCUT2D eigenvalue weighted by Crippen LogP contribution is -2.43. The molecule has 1 amide bonds. The number of hydrogen-bond acceptors (Lipinski definition) is 4. The molecule has 18 heavy (non-hydrogen) atoms. The van der Waals surface area contributed by atoms with Gasteiger partial charge < -0.3 is 10.8 Å². The molecule has 1 aromatic rings. The summed E-state index contributed by atoms with van der Waals surface area (Å²) in [6.45, 7) is 7.14. The third kappa shape index (κ3) is 3.80. The van der Waals surface area contributed by atoms with E-state index in [9.17, 15) is 9.90 Å². The number of likely N-dealkylation sites (N-methyl/N-ethyl adjacent to an activating group) is 1. The van der Waals surface area contributed by atoms with Crippen LogP contribution in [0.4, 0.5) is 0 Å². The molecule has 0 fully saturated rings. The highest BCUT2D eigenvalue weighted by molar-refractivity contribution is 7.10. The van der Waals surface area contributed by atoms with Crippen LogP contribution in [0, 0.1) is 5.41 Å². The first-order valence-corrected chi connectivity index (χ1v) is 6.82. The molecule has 0 radical (unpaired) electrons. The van der Waals surface area contributed by atoms with Crippen molar-refractivity contribution >= 4 is 17.2 Å². The zero-order valence-corrected chi connectivity index (χ0v) is 12.3. The molecule has 102 valence electrons. The molecule has 1 unspecified atom stereocenters. The van der Waals surface area contributed by atoms with Crippen LogP contribution in [0.25, 0.3) is 0 Å². The summed E-state index contributed by atoms with van der Waals surface area (Å²) in [6.07, 6.45) is 0. The number of carbonyl (C=O) groups excluding carboxylic acids is 1. The molecule has 0 aromatic carbocycles. The van der Waals surface area contributed by atoms with Gasteiger partial charge in [0.2, 0.25) is 5.91 Å². The molecule has 1 heterocycles. The first-order chi connectivity index (χ1) is 8.25. The summed E-state index contributed by atoms with van der Waals surface area (Å²) < 4.78 is 0. The Morgan fingerprint density at radius 3 is 2.56 bits per heavy atom. The van der Waals surface area contributed by atoms with E-state index in [1.165, 1.54) is 11.3 Å². The Bertz CT molecular complexity index is 409. The molecule has 1 aromatic heterocycles. The molecule has 5 heteroatoms. The third-order valence-corrected chi connectivity index (χ3v) is 3.97. The largest absolute Gasteiger partial charge is 0.395 e. The number of rotatable bonds is 5. The van der Waals surface area contributed by atoms with Crippen molar-refractivity contribution in [2.45, 2.75) is 33.4 Å². The summed E-state index contributed by atoms with van der Waals surface area (Å²) in [7, 11) is 1.98. The molecule has 0 aliphatic rings. The molecule has 0 aliphatic carbocycles. The minimum Gasteiger partial charge on any atom is -0.395 e. The number of amides is 1. The maximum atomic E-state index is 11.0. The van der Waals surface area contributed by atoms with Gasteiger partial charge in [-0.2, -0.15) is 0 Å². The van der Waals surface area contributed by atoms with E-state index in [4.69, 9.17) is 5.73 Å². The number of nitrogens with zero attached hydrogens (tertiary/aromatic N) is 1. The van der Waals surface area contributed by atoms with Crippen molar-refractivity contribution < 1.29 is 9.90 Å². The van der Waals surface area contributed by atoms with Gasteiger partial charge in [0.25, 0.3) is 0 Å². The molecule has 3 N–H and O–H groups in total. The molecule has 0 saturated carbocycles. The van der Waals surface area contributed by atoms with Crippen LogP contribution < -0.4 is 5.73 Å². The first-order valence-electron chi connectivity index (χ1n) is 5.94. The zero-order chi connectivity index (χ0) is 13.9. The fourth-order valence-corrected chi connectivity index (χ4v) is 2.96. The Hall–Kier alpha value is -0.910. The van der Waals surface area contributed by atoms with Crippen molar-refractivity contribution in [2.24, 2.45) is 11.1 Å². The van der Waals surface area contributed by atoms with E-state index >= 15 is 0 Å². The molecule has 0 bridgehead atoms. The lowest BCUT2D eigenvalue weighted by molar-refractivity contribution is 0.0620. The van der Waals surface area contributed by atoms with Crippen molar-refractivity contribution in [3.63, 3.8) is 0 Å². The van der Waals surface area contributed by atoms with Gasteiger partial charge in [0.05, 0.1) is 12.2 Å². The Kier molecular flexibility index (Phi) is 4.90. The topological polar surface area (TPSA) is 66.6 Å². The van der Waals surface area contributed by atoms with E-state index in [0.29, 0.717) is 12.1 Å². The minimum absolute atomic E-state index is 0.00722. The van der Waals surface area contributed by atoms with Crippen molar-refractivity contribution in [1.29, 1.82) is 0 Å². The first kappa shape index (κ1) is 15.1. The van der Waals surface area contributed by atoms with Gasteiger partial charge in [0, 0.05) is 22.8 Å². The molecule has 0 saturated heterocycles. The Balaban J connectivity index is 2.73. The smallest absolute Gasteiger partial charge is 0.249 e. The van der Waals surface area contributed by atoms with Crippen molar-refractivity contribution in [2.75, 3.05) is 13.7 Å². The van der Waals surface area contributed by atoms with Crippen molar-refractivity contribution in [3.8, 4) is 0 Å². The van der Waals surface area contributed by atoms with E-state index in [1.54, 1.807) is 5.38 Å². The summed E-state index contributed by atoms with van der Waals surface area (Å²) in [6, 6.07) is 1.90. The highest BCUT2D eigenvalue weighted by Gasteiger charge is 2.27. The number of hydrogen-bond donors (Lipinski definition) is 2. The van der Waals surface area contributed by atoms with Crippen molar-refractivity contribution in [1.82, 2.24) is 4.90 Å². The van der Waals surface area contributed by atoms with Gasteiger partial charge in [-0.25, -0.2) is 0 Å². The minimum atomic E-state index is -0.394. The third-order valence-electron chi connectivity index (χ3n) is 3.05. The zero-order valence-electron chi connectivity index (χ0n) is 11.4. The van der Waals surface area contributed by atoms with Crippen LogP contribution in [0.15, 0.2) is 11.4 Å². The van der Waals surface area contributed by atoms with Crippen LogP contribution in [-0.4, -0.2) is 35.6 Å². The Morgan fingerprint density at radius 2 is 2.17 bits per heavy atom. The monoisotopic (exact) mass is 270 g/mol. The van der Waals surface area contributed by atoms with Crippen LogP contribution in [0.1, 0.15) is 36.0 Å². The highest BCUT2D eigenvalue weighted by Crippen LogP contribution is 2.25. The second kappa shape index (κ2) is 5.82. The maximum absolute atomic E-state index is 11.0. The predicted molar refractivity (Wildman–Crippen MR) is 74.6 cm³/mol. The lowest BCUT2D eigenvalue weighted by atomic mass is 9.86.